The van der Waals surface area contributed by atoms with Crippen LogP contribution >= 0.6 is 0 Å². The van der Waals surface area contributed by atoms with Gasteiger partial charge < -0.3 is 9.47 Å². The zero-order valence-corrected chi connectivity index (χ0v) is 17.4. The topological polar surface area (TPSA) is 21.7 Å². The van der Waals surface area contributed by atoms with E-state index in [0.29, 0.717) is 6.61 Å². The van der Waals surface area contributed by atoms with Gasteiger partial charge in [0.1, 0.15) is 6.23 Å². The minimum absolute atomic E-state index is 0.0462. The number of nitrogens with zero attached hydrogens (tertiary/aromatic N) is 1. The van der Waals surface area contributed by atoms with Crippen LogP contribution in [-0.4, -0.2) is 36.4 Å². The molecule has 0 amide bonds. The second kappa shape index (κ2) is 8.36. The molecule has 150 valence electrons. The van der Waals surface area contributed by atoms with Crippen molar-refractivity contribution >= 4 is 0 Å². The van der Waals surface area contributed by atoms with E-state index in [9.17, 15) is 0 Å². The van der Waals surface area contributed by atoms with Crippen molar-refractivity contribution in [1.82, 2.24) is 4.90 Å². The molecule has 2 aliphatic rings. The molecule has 1 aliphatic heterocycles. The Labute approximate surface area is 169 Å². The van der Waals surface area contributed by atoms with Crippen LogP contribution < -0.4 is 0 Å². The monoisotopic (exact) mass is 379 g/mol. The van der Waals surface area contributed by atoms with Gasteiger partial charge in [0, 0.05) is 12.1 Å². The highest BCUT2D eigenvalue weighted by molar-refractivity contribution is 5.32. The number of rotatable bonds is 7. The van der Waals surface area contributed by atoms with Gasteiger partial charge in [-0.15, -0.1) is 0 Å². The zero-order valence-electron chi connectivity index (χ0n) is 17.4. The van der Waals surface area contributed by atoms with Crippen molar-refractivity contribution in [3.8, 4) is 0 Å². The smallest absolute Gasteiger partial charge is 0.134 e. The molecule has 0 spiro atoms. The summed E-state index contributed by atoms with van der Waals surface area (Å²) >= 11 is 0. The van der Waals surface area contributed by atoms with E-state index < -0.39 is 0 Å². The third kappa shape index (κ3) is 4.32. The van der Waals surface area contributed by atoms with Gasteiger partial charge in [-0.2, -0.15) is 0 Å². The van der Waals surface area contributed by atoms with Gasteiger partial charge in [0.2, 0.25) is 0 Å². The maximum atomic E-state index is 6.19. The van der Waals surface area contributed by atoms with Crippen LogP contribution in [-0.2, 0) is 22.3 Å². The van der Waals surface area contributed by atoms with Crippen LogP contribution in [0.5, 0.6) is 0 Å². The Kier molecular flexibility index (Phi) is 5.86. The van der Waals surface area contributed by atoms with Gasteiger partial charge in [0.05, 0.1) is 19.3 Å². The van der Waals surface area contributed by atoms with Crippen LogP contribution in [0.3, 0.4) is 0 Å². The van der Waals surface area contributed by atoms with Crippen LogP contribution in [0.4, 0.5) is 0 Å². The second-order valence-electron chi connectivity index (χ2n) is 8.96. The predicted molar refractivity (Wildman–Crippen MR) is 113 cm³/mol. The van der Waals surface area contributed by atoms with Gasteiger partial charge in [-0.1, -0.05) is 54.6 Å². The molecule has 0 saturated carbocycles. The summed E-state index contributed by atoms with van der Waals surface area (Å²) < 4.78 is 12.3. The number of fused-ring (bicyclic) bond motifs is 1. The van der Waals surface area contributed by atoms with E-state index in [0.717, 1.165) is 19.1 Å². The summed E-state index contributed by atoms with van der Waals surface area (Å²) in [6, 6.07) is 19.4. The molecule has 3 heteroatoms. The third-order valence-corrected chi connectivity index (χ3v) is 6.45. The lowest BCUT2D eigenvalue weighted by Crippen LogP contribution is -2.50. The SMILES string of the molecule is C[C@@H](OCC1OCCN1C(C)(C)CC1Cc2ccccc2C1)c1ccccc1. The molecular formula is C25H33NO2. The Balaban J connectivity index is 1.34. The molecular weight excluding hydrogens is 346 g/mol. The molecule has 3 nitrogen and oxygen atoms in total. The Morgan fingerprint density at radius 1 is 1.04 bits per heavy atom. The van der Waals surface area contributed by atoms with Gasteiger partial charge in [-0.25, -0.2) is 0 Å². The second-order valence-corrected chi connectivity index (χ2v) is 8.96. The van der Waals surface area contributed by atoms with Gasteiger partial charge in [-0.3, -0.25) is 4.90 Å². The van der Waals surface area contributed by atoms with Crippen molar-refractivity contribution in [2.45, 2.75) is 57.9 Å². The molecule has 1 saturated heterocycles. The number of hydrogen-bond donors (Lipinski definition) is 0. The first-order valence-electron chi connectivity index (χ1n) is 10.6. The molecule has 0 bridgehead atoms. The molecule has 1 heterocycles. The van der Waals surface area contributed by atoms with Crippen molar-refractivity contribution in [3.63, 3.8) is 0 Å². The van der Waals surface area contributed by atoms with Crippen LogP contribution in [0.2, 0.25) is 0 Å². The molecule has 4 rings (SSSR count). The fraction of sp³-hybridized carbons (Fsp3) is 0.520. The van der Waals surface area contributed by atoms with Crippen LogP contribution in [0.25, 0.3) is 0 Å². The molecule has 0 N–H and O–H groups in total. The summed E-state index contributed by atoms with van der Waals surface area (Å²) in [5.41, 5.74) is 4.40. The highest BCUT2D eigenvalue weighted by Crippen LogP contribution is 2.36. The molecule has 2 aromatic carbocycles. The average molecular weight is 380 g/mol. The Morgan fingerprint density at radius 2 is 1.68 bits per heavy atom. The standard InChI is InChI=1S/C25H33NO2/c1-19(21-9-5-4-6-10-21)28-18-24-26(13-14-27-24)25(2,3)17-20-15-22-11-7-8-12-23(22)16-20/h4-12,19-20,24H,13-18H2,1-3H3/t19-,24?/m1/s1. The lowest BCUT2D eigenvalue weighted by Gasteiger charge is -2.40. The maximum absolute atomic E-state index is 6.19. The van der Waals surface area contributed by atoms with E-state index in [4.69, 9.17) is 9.47 Å². The fourth-order valence-corrected chi connectivity index (χ4v) is 5.02. The molecule has 2 atom stereocenters. The minimum atomic E-state index is 0.0462. The molecule has 1 unspecified atom stereocenters. The first-order valence-corrected chi connectivity index (χ1v) is 10.6. The highest BCUT2D eigenvalue weighted by atomic mass is 16.6. The molecule has 0 aromatic heterocycles. The van der Waals surface area contributed by atoms with Gasteiger partial charge in [0.15, 0.2) is 0 Å². The predicted octanol–water partition coefficient (Wildman–Crippen LogP) is 5.01. The third-order valence-electron chi connectivity index (χ3n) is 6.45. The summed E-state index contributed by atoms with van der Waals surface area (Å²) in [6.07, 6.45) is 3.74. The maximum Gasteiger partial charge on any atom is 0.134 e. The molecule has 1 aliphatic carbocycles. The first-order chi connectivity index (χ1) is 13.5. The van der Waals surface area contributed by atoms with Crippen molar-refractivity contribution in [2.75, 3.05) is 19.8 Å². The van der Waals surface area contributed by atoms with Gasteiger partial charge >= 0.3 is 0 Å². The summed E-state index contributed by atoms with van der Waals surface area (Å²) in [5.74, 6) is 0.720. The zero-order chi connectivity index (χ0) is 19.6. The number of hydrogen-bond acceptors (Lipinski definition) is 3. The van der Waals surface area contributed by atoms with Crippen LogP contribution in [0, 0.1) is 5.92 Å². The van der Waals surface area contributed by atoms with E-state index in [1.807, 2.05) is 6.07 Å². The average Bonchev–Trinajstić information content (AvgIpc) is 3.33. The first kappa shape index (κ1) is 19.6. The Morgan fingerprint density at radius 3 is 2.36 bits per heavy atom. The fourth-order valence-electron chi connectivity index (χ4n) is 5.02. The van der Waals surface area contributed by atoms with E-state index in [2.05, 4.69) is 74.2 Å². The van der Waals surface area contributed by atoms with Crippen molar-refractivity contribution in [3.05, 3.63) is 71.3 Å². The van der Waals surface area contributed by atoms with Crippen molar-refractivity contribution in [1.29, 1.82) is 0 Å². The largest absolute Gasteiger partial charge is 0.370 e. The van der Waals surface area contributed by atoms with Gasteiger partial charge in [-0.05, 0) is 62.6 Å². The molecule has 2 aromatic rings. The van der Waals surface area contributed by atoms with Crippen LogP contribution in [0.1, 0.15) is 50.0 Å². The lowest BCUT2D eigenvalue weighted by atomic mass is 9.87. The normalized spacial score (nSPS) is 21.8. The van der Waals surface area contributed by atoms with E-state index in [-0.39, 0.29) is 17.9 Å². The number of benzene rings is 2. The van der Waals surface area contributed by atoms with E-state index in [1.54, 1.807) is 0 Å². The molecule has 28 heavy (non-hydrogen) atoms. The van der Waals surface area contributed by atoms with Gasteiger partial charge in [0.25, 0.3) is 0 Å². The van der Waals surface area contributed by atoms with E-state index >= 15 is 0 Å². The number of ether oxygens (including phenoxy) is 2. The van der Waals surface area contributed by atoms with Crippen molar-refractivity contribution in [2.24, 2.45) is 5.92 Å². The highest BCUT2D eigenvalue weighted by Gasteiger charge is 2.39. The molecule has 1 fully saturated rings. The van der Waals surface area contributed by atoms with Crippen LogP contribution in [0.15, 0.2) is 54.6 Å². The summed E-state index contributed by atoms with van der Waals surface area (Å²) in [5, 5.41) is 0. The minimum Gasteiger partial charge on any atom is -0.370 e. The van der Waals surface area contributed by atoms with Crippen molar-refractivity contribution < 1.29 is 9.47 Å². The Bertz CT molecular complexity index is 748. The quantitative estimate of drug-likeness (QED) is 0.675. The van der Waals surface area contributed by atoms with E-state index in [1.165, 1.54) is 36.0 Å². The lowest BCUT2D eigenvalue weighted by molar-refractivity contribution is -0.0882. The summed E-state index contributed by atoms with van der Waals surface area (Å²) in [6.45, 7) is 9.26. The Hall–Kier alpha value is -1.68. The molecule has 0 radical (unpaired) electrons. The summed E-state index contributed by atoms with van der Waals surface area (Å²) in [7, 11) is 0. The summed E-state index contributed by atoms with van der Waals surface area (Å²) in [4.78, 5) is 2.52.